The van der Waals surface area contributed by atoms with Crippen molar-refractivity contribution in [1.29, 1.82) is 0 Å². The number of rotatable bonds is 8. The second-order valence-corrected chi connectivity index (χ2v) is 7.15. The van der Waals surface area contributed by atoms with E-state index >= 15 is 0 Å². The van der Waals surface area contributed by atoms with Crippen LogP contribution in [-0.2, 0) is 22.6 Å². The average Bonchev–Trinajstić information content (AvgIpc) is 2.83. The summed E-state index contributed by atoms with van der Waals surface area (Å²) in [5, 5.41) is 16.6. The molecule has 1 aromatic carbocycles. The first-order valence-corrected chi connectivity index (χ1v) is 8.96. The van der Waals surface area contributed by atoms with Crippen LogP contribution in [-0.4, -0.2) is 33.3 Å². The van der Waals surface area contributed by atoms with Crippen molar-refractivity contribution in [2.75, 3.05) is 6.54 Å². The van der Waals surface area contributed by atoms with Gasteiger partial charge in [-0.15, -0.1) is 0 Å². The van der Waals surface area contributed by atoms with Crippen molar-refractivity contribution in [1.82, 2.24) is 15.1 Å². The number of halogens is 1. The van der Waals surface area contributed by atoms with Crippen LogP contribution in [0.4, 0.5) is 4.39 Å². The number of nitrogens with one attached hydrogen (secondary N) is 1. The average molecular weight is 375 g/mol. The van der Waals surface area contributed by atoms with Crippen LogP contribution in [0, 0.1) is 25.6 Å². The molecule has 0 saturated carbocycles. The van der Waals surface area contributed by atoms with E-state index in [0.717, 1.165) is 23.5 Å². The van der Waals surface area contributed by atoms with Crippen LogP contribution in [0.2, 0.25) is 0 Å². The second-order valence-electron chi connectivity index (χ2n) is 7.15. The molecule has 0 saturated heterocycles. The van der Waals surface area contributed by atoms with Gasteiger partial charge in [-0.1, -0.05) is 26.0 Å². The third-order valence-corrected chi connectivity index (χ3v) is 4.48. The molecular weight excluding hydrogens is 349 g/mol. The van der Waals surface area contributed by atoms with E-state index in [1.165, 1.54) is 24.3 Å². The number of aromatic nitrogens is 2. The Balaban J connectivity index is 2.03. The van der Waals surface area contributed by atoms with Crippen LogP contribution in [0.25, 0.3) is 0 Å². The van der Waals surface area contributed by atoms with E-state index in [4.69, 9.17) is 0 Å². The van der Waals surface area contributed by atoms with Gasteiger partial charge >= 0.3 is 5.97 Å². The topological polar surface area (TPSA) is 84.2 Å². The lowest BCUT2D eigenvalue weighted by Crippen LogP contribution is -2.32. The van der Waals surface area contributed by atoms with E-state index < -0.39 is 17.7 Å². The van der Waals surface area contributed by atoms with Gasteiger partial charge in [0.2, 0.25) is 5.91 Å². The third-order valence-electron chi connectivity index (χ3n) is 4.48. The Bertz CT molecular complexity index is 813. The van der Waals surface area contributed by atoms with E-state index in [-0.39, 0.29) is 18.9 Å². The molecule has 7 heteroatoms. The Labute approximate surface area is 158 Å². The summed E-state index contributed by atoms with van der Waals surface area (Å²) in [5.41, 5.74) is 3.06. The number of carboxylic acids is 1. The Morgan fingerprint density at radius 1 is 1.22 bits per heavy atom. The quantitative estimate of drug-likeness (QED) is 0.743. The molecule has 2 aromatic rings. The number of aryl methyl sites for hydroxylation is 1. The molecule has 1 unspecified atom stereocenters. The minimum Gasteiger partial charge on any atom is -0.481 e. The smallest absolute Gasteiger partial charge is 0.312 e. The summed E-state index contributed by atoms with van der Waals surface area (Å²) < 4.78 is 14.9. The van der Waals surface area contributed by atoms with Crippen molar-refractivity contribution in [3.05, 3.63) is 52.6 Å². The molecular formula is C20H26FN3O3. The van der Waals surface area contributed by atoms with Gasteiger partial charge in [-0.3, -0.25) is 14.3 Å². The van der Waals surface area contributed by atoms with Crippen molar-refractivity contribution in [3.63, 3.8) is 0 Å². The normalized spacial score (nSPS) is 12.2. The highest BCUT2D eigenvalue weighted by atomic mass is 19.1. The van der Waals surface area contributed by atoms with E-state index in [1.807, 2.05) is 18.5 Å². The van der Waals surface area contributed by atoms with Crippen molar-refractivity contribution in [3.8, 4) is 0 Å². The SMILES string of the molecule is Cc1nn(CC(C)C)c(C)c1CC(=O)NCC(C(=O)O)c1ccc(F)cc1. The van der Waals surface area contributed by atoms with Gasteiger partial charge in [0.1, 0.15) is 5.82 Å². The standard InChI is InChI=1S/C20H26FN3O3/c1-12(2)11-24-14(4)17(13(3)23-24)9-19(25)22-10-18(20(26)27)15-5-7-16(21)8-6-15/h5-8,12,18H,9-11H2,1-4H3,(H,22,25)(H,26,27). The van der Waals surface area contributed by atoms with Crippen molar-refractivity contribution in [2.45, 2.75) is 46.6 Å². The number of carboxylic acid groups (broad SMARTS) is 1. The summed E-state index contributed by atoms with van der Waals surface area (Å²) in [6.45, 7) is 8.72. The predicted octanol–water partition coefficient (Wildman–Crippen LogP) is 2.82. The van der Waals surface area contributed by atoms with E-state index in [2.05, 4.69) is 24.3 Å². The van der Waals surface area contributed by atoms with Crippen LogP contribution in [0.5, 0.6) is 0 Å². The number of hydrogen-bond acceptors (Lipinski definition) is 3. The fourth-order valence-corrected chi connectivity index (χ4v) is 3.00. The zero-order chi connectivity index (χ0) is 20.1. The molecule has 6 nitrogen and oxygen atoms in total. The molecule has 0 radical (unpaired) electrons. The van der Waals surface area contributed by atoms with Crippen LogP contribution in [0.3, 0.4) is 0 Å². The summed E-state index contributed by atoms with van der Waals surface area (Å²) in [7, 11) is 0. The van der Waals surface area contributed by atoms with Crippen LogP contribution >= 0.6 is 0 Å². The van der Waals surface area contributed by atoms with Gasteiger partial charge in [0.25, 0.3) is 0 Å². The molecule has 1 amide bonds. The van der Waals surface area contributed by atoms with E-state index in [0.29, 0.717) is 11.5 Å². The Morgan fingerprint density at radius 2 is 1.85 bits per heavy atom. The lowest BCUT2D eigenvalue weighted by molar-refractivity contribution is -0.138. The highest BCUT2D eigenvalue weighted by Gasteiger charge is 2.22. The molecule has 146 valence electrons. The molecule has 0 aliphatic carbocycles. The number of hydrogen-bond donors (Lipinski definition) is 2. The van der Waals surface area contributed by atoms with Gasteiger partial charge in [0.15, 0.2) is 0 Å². The molecule has 0 bridgehead atoms. The van der Waals surface area contributed by atoms with Crippen molar-refractivity contribution in [2.24, 2.45) is 5.92 Å². The van der Waals surface area contributed by atoms with Gasteiger partial charge in [-0.2, -0.15) is 5.10 Å². The van der Waals surface area contributed by atoms with E-state index in [1.54, 1.807) is 0 Å². The zero-order valence-corrected chi connectivity index (χ0v) is 16.1. The van der Waals surface area contributed by atoms with Gasteiger partial charge in [-0.25, -0.2) is 4.39 Å². The first-order chi connectivity index (χ1) is 12.7. The maximum absolute atomic E-state index is 13.0. The largest absolute Gasteiger partial charge is 0.481 e. The molecule has 27 heavy (non-hydrogen) atoms. The number of aliphatic carboxylic acids is 1. The maximum atomic E-state index is 13.0. The highest BCUT2D eigenvalue weighted by molar-refractivity contribution is 5.81. The Morgan fingerprint density at radius 3 is 2.41 bits per heavy atom. The van der Waals surface area contributed by atoms with E-state index in [9.17, 15) is 19.1 Å². The Kier molecular flexibility index (Phi) is 6.71. The molecule has 2 N–H and O–H groups in total. The van der Waals surface area contributed by atoms with Crippen molar-refractivity contribution >= 4 is 11.9 Å². The molecule has 0 aliphatic heterocycles. The van der Waals surface area contributed by atoms with Crippen molar-refractivity contribution < 1.29 is 19.1 Å². The highest BCUT2D eigenvalue weighted by Crippen LogP contribution is 2.17. The van der Waals surface area contributed by atoms with Gasteiger partial charge in [0, 0.05) is 24.3 Å². The summed E-state index contributed by atoms with van der Waals surface area (Å²) in [6, 6.07) is 5.26. The summed E-state index contributed by atoms with van der Waals surface area (Å²) in [6.07, 6.45) is 0.144. The minimum absolute atomic E-state index is 0.0575. The van der Waals surface area contributed by atoms with Crippen LogP contribution in [0.1, 0.15) is 42.3 Å². The van der Waals surface area contributed by atoms with Gasteiger partial charge < -0.3 is 10.4 Å². The molecule has 2 rings (SSSR count). The maximum Gasteiger partial charge on any atom is 0.312 e. The van der Waals surface area contributed by atoms with Gasteiger partial charge in [0.05, 0.1) is 18.0 Å². The Hall–Kier alpha value is -2.70. The zero-order valence-electron chi connectivity index (χ0n) is 16.1. The molecule has 1 heterocycles. The summed E-state index contributed by atoms with van der Waals surface area (Å²) in [4.78, 5) is 23.9. The fraction of sp³-hybridized carbons (Fsp3) is 0.450. The molecule has 0 spiro atoms. The minimum atomic E-state index is -1.07. The number of amides is 1. The van der Waals surface area contributed by atoms with Crippen LogP contribution < -0.4 is 5.32 Å². The lowest BCUT2D eigenvalue weighted by Gasteiger charge is -2.14. The molecule has 0 fully saturated rings. The fourth-order valence-electron chi connectivity index (χ4n) is 3.00. The lowest BCUT2D eigenvalue weighted by atomic mass is 9.99. The van der Waals surface area contributed by atoms with Crippen LogP contribution in [0.15, 0.2) is 24.3 Å². The van der Waals surface area contributed by atoms with Gasteiger partial charge in [-0.05, 0) is 37.5 Å². The first kappa shape index (κ1) is 20.6. The second kappa shape index (κ2) is 8.79. The summed E-state index contributed by atoms with van der Waals surface area (Å²) in [5.74, 6) is -2.26. The first-order valence-electron chi connectivity index (χ1n) is 8.96. The number of nitrogens with zero attached hydrogens (tertiary/aromatic N) is 2. The monoisotopic (exact) mass is 375 g/mol. The summed E-state index contributed by atoms with van der Waals surface area (Å²) >= 11 is 0. The number of benzene rings is 1. The third kappa shape index (κ3) is 5.39. The molecule has 1 aromatic heterocycles. The number of carbonyl (C=O) groups is 2. The molecule has 1 atom stereocenters. The number of carbonyl (C=O) groups excluding carboxylic acids is 1. The molecule has 0 aliphatic rings. The predicted molar refractivity (Wildman–Crippen MR) is 100 cm³/mol.